The quantitative estimate of drug-likeness (QED) is 0.469. The number of carbonyl (C=O) groups excluding carboxylic acids is 2. The van der Waals surface area contributed by atoms with Crippen molar-refractivity contribution in [2.24, 2.45) is 0 Å². The van der Waals surface area contributed by atoms with Crippen molar-refractivity contribution in [2.75, 3.05) is 13.2 Å². The van der Waals surface area contributed by atoms with Gasteiger partial charge in [-0.05, 0) is 0 Å². The molecule has 0 spiro atoms. The van der Waals surface area contributed by atoms with Crippen LogP contribution in [0.1, 0.15) is 28.6 Å². The fraction of sp³-hybridized carbons (Fsp3) is 0.333. The third-order valence-electron chi connectivity index (χ3n) is 4.71. The zero-order valence-corrected chi connectivity index (χ0v) is 14.7. The van der Waals surface area contributed by atoms with Crippen molar-refractivity contribution in [3.05, 3.63) is 71.8 Å². The molecular formula is C21H20O6. The first-order chi connectivity index (χ1) is 13.2. The summed E-state index contributed by atoms with van der Waals surface area (Å²) in [6, 6.07) is 17.9. The van der Waals surface area contributed by atoms with Gasteiger partial charge in [0.25, 0.3) is 5.78 Å². The van der Waals surface area contributed by atoms with Gasteiger partial charge in [0.15, 0.2) is 6.29 Å². The van der Waals surface area contributed by atoms with Gasteiger partial charge in [0.1, 0.15) is 18.3 Å². The van der Waals surface area contributed by atoms with Gasteiger partial charge >= 0.3 is 5.97 Å². The molecule has 0 aliphatic carbocycles. The predicted molar refractivity (Wildman–Crippen MR) is 95.0 cm³/mol. The van der Waals surface area contributed by atoms with Crippen LogP contribution in [0, 0.1) is 0 Å². The van der Waals surface area contributed by atoms with Crippen LogP contribution in [0.2, 0.25) is 0 Å². The first-order valence-electron chi connectivity index (χ1n) is 8.96. The third kappa shape index (κ3) is 3.93. The molecule has 4 rings (SSSR count). The molecule has 2 aliphatic rings. The molecule has 0 radical (unpaired) electrons. The largest absolute Gasteiger partial charge is 0.453 e. The van der Waals surface area contributed by atoms with Crippen LogP contribution in [0.4, 0.5) is 0 Å². The van der Waals surface area contributed by atoms with Crippen molar-refractivity contribution in [3.8, 4) is 0 Å². The van der Waals surface area contributed by atoms with Crippen LogP contribution in [0.25, 0.3) is 0 Å². The number of ketones is 1. The number of hydrogen-bond donors (Lipinski definition) is 0. The lowest BCUT2D eigenvalue weighted by Crippen LogP contribution is -2.54. The molecule has 0 amide bonds. The molecule has 2 aromatic carbocycles. The van der Waals surface area contributed by atoms with E-state index in [0.717, 1.165) is 5.56 Å². The van der Waals surface area contributed by atoms with Gasteiger partial charge in [-0.1, -0.05) is 60.7 Å². The van der Waals surface area contributed by atoms with Crippen LogP contribution in [-0.4, -0.2) is 43.3 Å². The fourth-order valence-electron chi connectivity index (χ4n) is 3.33. The fourth-order valence-corrected chi connectivity index (χ4v) is 3.33. The Morgan fingerprint density at radius 1 is 0.926 bits per heavy atom. The Labute approximate surface area is 157 Å². The van der Waals surface area contributed by atoms with Crippen LogP contribution >= 0.6 is 0 Å². The van der Waals surface area contributed by atoms with Gasteiger partial charge in [-0.2, -0.15) is 0 Å². The van der Waals surface area contributed by atoms with Crippen LogP contribution in [-0.2, 0) is 23.7 Å². The second kappa shape index (κ2) is 8.00. The van der Waals surface area contributed by atoms with E-state index in [2.05, 4.69) is 0 Å². The summed E-state index contributed by atoms with van der Waals surface area (Å²) in [6.45, 7) is 0.756. The zero-order chi connectivity index (χ0) is 18.6. The molecular weight excluding hydrogens is 348 g/mol. The minimum Gasteiger partial charge on any atom is -0.453 e. The average Bonchev–Trinajstić information content (AvgIpc) is 2.74. The number of rotatable bonds is 4. The first-order valence-corrected chi connectivity index (χ1v) is 8.96. The Kier molecular flexibility index (Phi) is 5.29. The molecule has 0 N–H and O–H groups in total. The van der Waals surface area contributed by atoms with Gasteiger partial charge in [-0.3, -0.25) is 4.79 Å². The summed E-state index contributed by atoms with van der Waals surface area (Å²) < 4.78 is 23.0. The maximum atomic E-state index is 12.3. The van der Waals surface area contributed by atoms with Gasteiger partial charge in [0, 0.05) is 17.5 Å². The Morgan fingerprint density at radius 2 is 1.63 bits per heavy atom. The molecule has 0 aromatic heterocycles. The minimum atomic E-state index is -0.877. The summed E-state index contributed by atoms with van der Waals surface area (Å²) >= 11 is 0. The Balaban J connectivity index is 1.45. The van der Waals surface area contributed by atoms with Crippen molar-refractivity contribution in [1.29, 1.82) is 0 Å². The molecule has 4 atom stereocenters. The highest BCUT2D eigenvalue weighted by Gasteiger charge is 2.43. The van der Waals surface area contributed by atoms with E-state index in [1.165, 1.54) is 0 Å². The molecule has 2 heterocycles. The molecule has 2 fully saturated rings. The zero-order valence-electron chi connectivity index (χ0n) is 14.7. The van der Waals surface area contributed by atoms with Crippen molar-refractivity contribution >= 4 is 11.8 Å². The lowest BCUT2D eigenvalue weighted by molar-refractivity contribution is -0.300. The number of hydrogen-bond acceptors (Lipinski definition) is 6. The molecule has 0 saturated carbocycles. The average molecular weight is 368 g/mol. The summed E-state index contributed by atoms with van der Waals surface area (Å²) in [5.74, 6) is -1.54. The Bertz CT molecular complexity index is 791. The summed E-state index contributed by atoms with van der Waals surface area (Å²) in [5.41, 5.74) is 1.19. The van der Waals surface area contributed by atoms with E-state index < -0.39 is 30.3 Å². The molecule has 2 saturated heterocycles. The van der Waals surface area contributed by atoms with Crippen molar-refractivity contribution in [3.63, 3.8) is 0 Å². The third-order valence-corrected chi connectivity index (χ3v) is 4.71. The number of ether oxygens (including phenoxy) is 4. The normalized spacial score (nSPS) is 27.4. The van der Waals surface area contributed by atoms with Crippen LogP contribution in [0.5, 0.6) is 0 Å². The highest BCUT2D eigenvalue weighted by molar-refractivity contribution is 6.40. The highest BCUT2D eigenvalue weighted by atomic mass is 16.7. The van der Waals surface area contributed by atoms with E-state index in [-0.39, 0.29) is 6.10 Å². The van der Waals surface area contributed by atoms with E-state index in [4.69, 9.17) is 18.9 Å². The van der Waals surface area contributed by atoms with Gasteiger partial charge in [0.2, 0.25) is 0 Å². The highest BCUT2D eigenvalue weighted by Crippen LogP contribution is 2.33. The van der Waals surface area contributed by atoms with Crippen LogP contribution in [0.15, 0.2) is 60.7 Å². The number of fused-ring (bicyclic) bond motifs is 1. The molecule has 6 nitrogen and oxygen atoms in total. The van der Waals surface area contributed by atoms with E-state index in [0.29, 0.717) is 25.2 Å². The smallest absolute Gasteiger partial charge is 0.380 e. The van der Waals surface area contributed by atoms with E-state index in [1.54, 1.807) is 30.3 Å². The van der Waals surface area contributed by atoms with Gasteiger partial charge in [0.05, 0.1) is 13.2 Å². The lowest BCUT2D eigenvalue weighted by Gasteiger charge is -2.42. The van der Waals surface area contributed by atoms with Gasteiger partial charge in [-0.15, -0.1) is 0 Å². The molecule has 2 aliphatic heterocycles. The van der Waals surface area contributed by atoms with E-state index in [9.17, 15) is 9.59 Å². The molecule has 140 valence electrons. The first kappa shape index (κ1) is 17.9. The minimum absolute atomic E-state index is 0.307. The monoisotopic (exact) mass is 368 g/mol. The van der Waals surface area contributed by atoms with Gasteiger partial charge in [-0.25, -0.2) is 4.79 Å². The van der Waals surface area contributed by atoms with E-state index in [1.807, 2.05) is 30.3 Å². The van der Waals surface area contributed by atoms with Crippen molar-refractivity contribution in [2.45, 2.75) is 31.0 Å². The number of Topliss-reactive ketones (excluding diaryl/α,β-unsaturated/α-hetero) is 1. The predicted octanol–water partition coefficient (Wildman–Crippen LogP) is 2.68. The summed E-state index contributed by atoms with van der Waals surface area (Å²) in [4.78, 5) is 24.6. The maximum absolute atomic E-state index is 12.3. The topological polar surface area (TPSA) is 71.1 Å². The standard InChI is InChI=1S/C21H20O6/c22-18(14-7-3-1-4-8-14)20(23)26-16-11-12-24-17-13-25-21(27-19(16)17)15-9-5-2-6-10-15/h1-10,16-17,19,21H,11-13H2/t16-,17-,19+,21?/m1/s1. The molecule has 2 aromatic rings. The van der Waals surface area contributed by atoms with Crippen molar-refractivity contribution < 1.29 is 28.5 Å². The van der Waals surface area contributed by atoms with Crippen molar-refractivity contribution in [1.82, 2.24) is 0 Å². The Morgan fingerprint density at radius 3 is 2.37 bits per heavy atom. The van der Waals surface area contributed by atoms with Gasteiger partial charge < -0.3 is 18.9 Å². The summed E-state index contributed by atoms with van der Waals surface area (Å²) in [6.07, 6.45) is -1.45. The SMILES string of the molecule is O=C(O[C@@H]1CCO[C@@H]2COC(c3ccccc3)O[C@H]21)C(=O)c1ccccc1. The summed E-state index contributed by atoms with van der Waals surface area (Å²) in [5, 5.41) is 0. The second-order valence-corrected chi connectivity index (χ2v) is 6.51. The van der Waals surface area contributed by atoms with E-state index >= 15 is 0 Å². The number of carbonyl (C=O) groups is 2. The maximum Gasteiger partial charge on any atom is 0.380 e. The van der Waals surface area contributed by atoms with Crippen LogP contribution in [0.3, 0.4) is 0 Å². The molecule has 6 heteroatoms. The summed E-state index contributed by atoms with van der Waals surface area (Å²) in [7, 11) is 0. The number of esters is 1. The van der Waals surface area contributed by atoms with Crippen LogP contribution < -0.4 is 0 Å². The molecule has 27 heavy (non-hydrogen) atoms. The Hall–Kier alpha value is -2.54. The molecule has 1 unspecified atom stereocenters. The second-order valence-electron chi connectivity index (χ2n) is 6.51. The number of benzene rings is 2. The lowest BCUT2D eigenvalue weighted by atomic mass is 10.0. The molecule has 0 bridgehead atoms.